The van der Waals surface area contributed by atoms with E-state index in [0.29, 0.717) is 32.3 Å². The highest BCUT2D eigenvalue weighted by molar-refractivity contribution is 7.22. The Labute approximate surface area is 170 Å². The van der Waals surface area contributed by atoms with Crippen LogP contribution in [0.3, 0.4) is 0 Å². The Hall–Kier alpha value is -3.54. The van der Waals surface area contributed by atoms with Crippen LogP contribution in [0.4, 0.5) is 24.3 Å². The molecule has 2 N–H and O–H groups in total. The van der Waals surface area contributed by atoms with E-state index < -0.39 is 12.3 Å². The van der Waals surface area contributed by atoms with Gasteiger partial charge < -0.3 is 24.5 Å². The molecule has 0 aliphatic heterocycles. The molecule has 0 atom stereocenters. The number of nitrogens with one attached hydrogen (secondary N) is 1. The highest BCUT2D eigenvalue weighted by atomic mass is 32.1. The number of methoxy groups -OCH3 is 1. The molecule has 12 heteroatoms. The Bertz CT molecular complexity index is 1280. The molecule has 30 heavy (non-hydrogen) atoms. The van der Waals surface area contributed by atoms with Gasteiger partial charge in [0.1, 0.15) is 17.1 Å². The highest BCUT2D eigenvalue weighted by Gasteiger charge is 2.31. The highest BCUT2D eigenvalue weighted by Crippen LogP contribution is 2.34. The number of aromatic nitrogens is 3. The molecule has 4 rings (SSSR count). The van der Waals surface area contributed by atoms with Gasteiger partial charge in [-0.1, -0.05) is 11.3 Å². The van der Waals surface area contributed by atoms with Gasteiger partial charge in [0.05, 0.1) is 28.4 Å². The Morgan fingerprint density at radius 2 is 1.97 bits per heavy atom. The summed E-state index contributed by atoms with van der Waals surface area (Å²) in [7, 11) is 3.10. The van der Waals surface area contributed by atoms with Crippen molar-refractivity contribution in [1.29, 1.82) is 0 Å². The molecule has 0 saturated carbocycles. The average molecular weight is 438 g/mol. The number of imidazole rings is 1. The third-order valence-corrected chi connectivity index (χ3v) is 5.18. The van der Waals surface area contributed by atoms with Crippen LogP contribution in [0.25, 0.3) is 21.3 Å². The van der Waals surface area contributed by atoms with Crippen molar-refractivity contribution in [3.63, 3.8) is 0 Å². The van der Waals surface area contributed by atoms with E-state index in [1.165, 1.54) is 31.4 Å². The van der Waals surface area contributed by atoms with Gasteiger partial charge in [0, 0.05) is 19.2 Å². The molecular formula is C18H13F3N4O4S. The Kier molecular flexibility index (Phi) is 4.65. The largest absolute Gasteiger partial charge is 0.573 e. The number of aromatic carboxylic acids is 1. The molecule has 2 aromatic heterocycles. The molecule has 2 aromatic carbocycles. The second-order valence-corrected chi connectivity index (χ2v) is 7.19. The Morgan fingerprint density at radius 1 is 1.20 bits per heavy atom. The van der Waals surface area contributed by atoms with Crippen LogP contribution in [0, 0.1) is 0 Å². The first-order chi connectivity index (χ1) is 14.1. The number of rotatable bonds is 5. The molecule has 0 saturated heterocycles. The zero-order valence-corrected chi connectivity index (χ0v) is 16.3. The normalized spacial score (nSPS) is 11.8. The molecule has 0 bridgehead atoms. The number of carbonyl (C=O) groups is 1. The van der Waals surface area contributed by atoms with Crippen LogP contribution in [-0.4, -0.2) is 39.1 Å². The lowest BCUT2D eigenvalue weighted by atomic mass is 10.2. The first kappa shape index (κ1) is 19.8. The predicted octanol–water partition coefficient (Wildman–Crippen LogP) is 4.53. The third-order valence-electron chi connectivity index (χ3n) is 4.24. The predicted molar refractivity (Wildman–Crippen MR) is 104 cm³/mol. The second-order valence-electron chi connectivity index (χ2n) is 6.16. The smallest absolute Gasteiger partial charge is 0.496 e. The van der Waals surface area contributed by atoms with Crippen molar-refractivity contribution < 1.29 is 32.5 Å². The van der Waals surface area contributed by atoms with E-state index in [1.807, 2.05) is 0 Å². The van der Waals surface area contributed by atoms with Crippen LogP contribution >= 0.6 is 11.3 Å². The molecule has 8 nitrogen and oxygen atoms in total. The number of carboxylic acids is 1. The van der Waals surface area contributed by atoms with Crippen LogP contribution in [-0.2, 0) is 7.05 Å². The minimum Gasteiger partial charge on any atom is -0.496 e. The average Bonchev–Trinajstić information content (AvgIpc) is 3.19. The summed E-state index contributed by atoms with van der Waals surface area (Å²) in [5.74, 6) is -0.902. The van der Waals surface area contributed by atoms with Crippen molar-refractivity contribution in [1.82, 2.24) is 14.5 Å². The summed E-state index contributed by atoms with van der Waals surface area (Å²) in [6.07, 6.45) is -4.78. The quantitative estimate of drug-likeness (QED) is 0.472. The second kappa shape index (κ2) is 7.06. The fraction of sp³-hybridized carbons (Fsp3) is 0.167. The number of anilines is 2. The number of ether oxygens (including phenoxy) is 2. The van der Waals surface area contributed by atoms with Crippen LogP contribution < -0.4 is 14.8 Å². The standard InChI is InChI=1S/C18H13F3N4O4S/c1-25-12-7-13(28-2)9(15(26)27)6-11(12)22-16(25)24-17-23-10-4-3-8(5-14(10)30-17)29-18(19,20)21/h3-7H,1-2H3,(H,26,27)(H,22,23,24). The minimum absolute atomic E-state index is 0.0215. The van der Waals surface area contributed by atoms with E-state index in [2.05, 4.69) is 20.0 Å². The van der Waals surface area contributed by atoms with Gasteiger partial charge in [-0.15, -0.1) is 13.2 Å². The summed E-state index contributed by atoms with van der Waals surface area (Å²) in [5, 5.41) is 12.7. The van der Waals surface area contributed by atoms with Gasteiger partial charge in [0.2, 0.25) is 5.95 Å². The van der Waals surface area contributed by atoms with E-state index in [1.54, 1.807) is 17.7 Å². The van der Waals surface area contributed by atoms with Gasteiger partial charge in [-0.05, 0) is 18.2 Å². The number of benzene rings is 2. The van der Waals surface area contributed by atoms with E-state index in [4.69, 9.17) is 4.74 Å². The van der Waals surface area contributed by atoms with E-state index in [-0.39, 0.29) is 17.1 Å². The number of thiazole rings is 1. The van der Waals surface area contributed by atoms with E-state index in [9.17, 15) is 23.1 Å². The molecule has 0 fully saturated rings. The topological polar surface area (TPSA) is 98.5 Å². The molecule has 0 spiro atoms. The SMILES string of the molecule is COc1cc2c(cc1C(=O)O)nc(Nc1nc3ccc(OC(F)(F)F)cc3s1)n2C. The van der Waals surface area contributed by atoms with Gasteiger partial charge in [-0.2, -0.15) is 0 Å². The lowest BCUT2D eigenvalue weighted by molar-refractivity contribution is -0.274. The molecule has 0 amide bonds. The first-order valence-electron chi connectivity index (χ1n) is 8.36. The lowest BCUT2D eigenvalue weighted by Crippen LogP contribution is -2.16. The molecular weight excluding hydrogens is 425 g/mol. The van der Waals surface area contributed by atoms with Crippen molar-refractivity contribution in [2.24, 2.45) is 7.05 Å². The number of halogens is 3. The van der Waals surface area contributed by atoms with Crippen molar-refractivity contribution in [2.75, 3.05) is 12.4 Å². The number of alkyl halides is 3. The fourth-order valence-corrected chi connectivity index (χ4v) is 3.81. The zero-order valence-electron chi connectivity index (χ0n) is 15.4. The van der Waals surface area contributed by atoms with Crippen LogP contribution in [0.5, 0.6) is 11.5 Å². The first-order valence-corrected chi connectivity index (χ1v) is 9.17. The van der Waals surface area contributed by atoms with E-state index in [0.717, 1.165) is 11.3 Å². The van der Waals surface area contributed by atoms with Crippen molar-refractivity contribution in [3.8, 4) is 11.5 Å². The van der Waals surface area contributed by atoms with Crippen molar-refractivity contribution in [2.45, 2.75) is 6.36 Å². The summed E-state index contributed by atoms with van der Waals surface area (Å²) in [5.41, 5.74) is 1.53. The van der Waals surface area contributed by atoms with Gasteiger partial charge >= 0.3 is 12.3 Å². The molecule has 0 aliphatic rings. The van der Waals surface area contributed by atoms with Gasteiger partial charge in [0.25, 0.3) is 0 Å². The third kappa shape index (κ3) is 3.68. The van der Waals surface area contributed by atoms with Gasteiger partial charge in [-0.25, -0.2) is 14.8 Å². The number of fused-ring (bicyclic) bond motifs is 2. The van der Waals surface area contributed by atoms with Crippen LogP contribution in [0.1, 0.15) is 10.4 Å². The number of carboxylic acid groups (broad SMARTS) is 1. The molecule has 4 aromatic rings. The molecule has 0 unspecified atom stereocenters. The number of aryl methyl sites for hydroxylation is 1. The summed E-state index contributed by atoms with van der Waals surface area (Å²) in [4.78, 5) is 20.1. The van der Waals surface area contributed by atoms with Crippen molar-refractivity contribution >= 4 is 49.6 Å². The maximum atomic E-state index is 12.4. The summed E-state index contributed by atoms with van der Waals surface area (Å²) in [6.45, 7) is 0. The molecule has 156 valence electrons. The van der Waals surface area contributed by atoms with Gasteiger partial charge in [0.15, 0.2) is 5.13 Å². The fourth-order valence-electron chi connectivity index (χ4n) is 2.92. The molecule has 0 aliphatic carbocycles. The summed E-state index contributed by atoms with van der Waals surface area (Å²) < 4.78 is 48.5. The number of hydrogen-bond acceptors (Lipinski definition) is 7. The Morgan fingerprint density at radius 3 is 2.63 bits per heavy atom. The maximum Gasteiger partial charge on any atom is 0.573 e. The van der Waals surface area contributed by atoms with E-state index >= 15 is 0 Å². The monoisotopic (exact) mass is 438 g/mol. The molecule has 0 radical (unpaired) electrons. The summed E-state index contributed by atoms with van der Waals surface area (Å²) in [6, 6.07) is 6.84. The maximum absolute atomic E-state index is 12.4. The van der Waals surface area contributed by atoms with Crippen LogP contribution in [0.2, 0.25) is 0 Å². The summed E-state index contributed by atoms with van der Waals surface area (Å²) >= 11 is 1.12. The van der Waals surface area contributed by atoms with Gasteiger partial charge in [-0.3, -0.25) is 0 Å². The zero-order chi connectivity index (χ0) is 21.6. The number of hydrogen-bond donors (Lipinski definition) is 2. The van der Waals surface area contributed by atoms with Crippen LogP contribution in [0.15, 0.2) is 30.3 Å². The lowest BCUT2D eigenvalue weighted by Gasteiger charge is -2.07. The number of nitrogens with zero attached hydrogens (tertiary/aromatic N) is 3. The minimum atomic E-state index is -4.78. The Balaban J connectivity index is 1.69. The van der Waals surface area contributed by atoms with Crippen molar-refractivity contribution in [3.05, 3.63) is 35.9 Å². The molecule has 2 heterocycles.